The SMILES string of the molecule is CC(C)[C@H](N)C(=O)NCCCCC(C)(C)C. The molecular weight excluding hydrogens is 200 g/mol. The van der Waals surface area contributed by atoms with E-state index in [9.17, 15) is 4.79 Å². The minimum Gasteiger partial charge on any atom is -0.355 e. The molecule has 0 aliphatic carbocycles. The van der Waals surface area contributed by atoms with Crippen molar-refractivity contribution in [1.82, 2.24) is 5.32 Å². The molecule has 3 heteroatoms. The van der Waals surface area contributed by atoms with Crippen LogP contribution in [0.1, 0.15) is 53.9 Å². The number of unbranched alkanes of at least 4 members (excludes halogenated alkanes) is 1. The highest BCUT2D eigenvalue weighted by molar-refractivity contribution is 5.81. The highest BCUT2D eigenvalue weighted by Crippen LogP contribution is 2.21. The van der Waals surface area contributed by atoms with Crippen molar-refractivity contribution >= 4 is 5.91 Å². The molecule has 0 saturated carbocycles. The van der Waals surface area contributed by atoms with Crippen molar-refractivity contribution in [1.29, 1.82) is 0 Å². The van der Waals surface area contributed by atoms with Crippen LogP contribution in [0.4, 0.5) is 0 Å². The maximum absolute atomic E-state index is 11.5. The summed E-state index contributed by atoms with van der Waals surface area (Å²) in [6, 6.07) is -0.373. The molecule has 0 aliphatic rings. The second kappa shape index (κ2) is 6.89. The molecule has 0 fully saturated rings. The Morgan fingerprint density at radius 1 is 1.25 bits per heavy atom. The molecule has 16 heavy (non-hydrogen) atoms. The number of nitrogens with two attached hydrogens (primary N) is 1. The maximum Gasteiger partial charge on any atom is 0.237 e. The van der Waals surface area contributed by atoms with Gasteiger partial charge in [0.1, 0.15) is 0 Å². The predicted molar refractivity (Wildman–Crippen MR) is 69.1 cm³/mol. The number of hydrogen-bond acceptors (Lipinski definition) is 2. The number of rotatable bonds is 6. The van der Waals surface area contributed by atoms with E-state index in [0.717, 1.165) is 19.4 Å². The van der Waals surface area contributed by atoms with Gasteiger partial charge in [0, 0.05) is 6.54 Å². The lowest BCUT2D eigenvalue weighted by Gasteiger charge is -2.18. The van der Waals surface area contributed by atoms with Crippen molar-refractivity contribution in [2.24, 2.45) is 17.1 Å². The van der Waals surface area contributed by atoms with Gasteiger partial charge in [-0.2, -0.15) is 0 Å². The van der Waals surface area contributed by atoms with Gasteiger partial charge in [0.05, 0.1) is 6.04 Å². The van der Waals surface area contributed by atoms with Crippen molar-refractivity contribution in [2.45, 2.75) is 59.9 Å². The summed E-state index contributed by atoms with van der Waals surface area (Å²) < 4.78 is 0. The van der Waals surface area contributed by atoms with E-state index in [1.807, 2.05) is 13.8 Å². The Hall–Kier alpha value is -0.570. The van der Waals surface area contributed by atoms with Gasteiger partial charge in [0.15, 0.2) is 0 Å². The van der Waals surface area contributed by atoms with Gasteiger partial charge in [-0.25, -0.2) is 0 Å². The van der Waals surface area contributed by atoms with E-state index < -0.39 is 0 Å². The molecule has 0 rings (SSSR count). The van der Waals surface area contributed by atoms with Gasteiger partial charge in [0.25, 0.3) is 0 Å². The molecule has 0 aliphatic heterocycles. The molecular formula is C13H28N2O. The van der Waals surface area contributed by atoms with Gasteiger partial charge in [-0.15, -0.1) is 0 Å². The first kappa shape index (κ1) is 15.4. The smallest absolute Gasteiger partial charge is 0.237 e. The molecule has 1 amide bonds. The fraction of sp³-hybridized carbons (Fsp3) is 0.923. The predicted octanol–water partition coefficient (Wildman–Crippen LogP) is 2.30. The number of amides is 1. The third-order valence-electron chi connectivity index (χ3n) is 2.67. The standard InChI is InChI=1S/C13H28N2O/c1-10(2)11(14)12(16)15-9-7-6-8-13(3,4)5/h10-11H,6-9,14H2,1-5H3,(H,15,16)/t11-/m0/s1. The van der Waals surface area contributed by atoms with Crippen LogP contribution in [0.15, 0.2) is 0 Å². The molecule has 0 bridgehead atoms. The fourth-order valence-electron chi connectivity index (χ4n) is 1.41. The normalized spacial score (nSPS) is 13.9. The molecule has 3 N–H and O–H groups in total. The van der Waals surface area contributed by atoms with E-state index in [4.69, 9.17) is 5.73 Å². The Morgan fingerprint density at radius 2 is 1.81 bits per heavy atom. The number of hydrogen-bond donors (Lipinski definition) is 2. The van der Waals surface area contributed by atoms with E-state index >= 15 is 0 Å². The van der Waals surface area contributed by atoms with Crippen LogP contribution < -0.4 is 11.1 Å². The van der Waals surface area contributed by atoms with Gasteiger partial charge >= 0.3 is 0 Å². The summed E-state index contributed by atoms with van der Waals surface area (Å²) in [5.41, 5.74) is 6.12. The largest absolute Gasteiger partial charge is 0.355 e. The Labute approximate surface area is 100 Å². The Balaban J connectivity index is 3.56. The Bertz CT molecular complexity index is 206. The first-order chi connectivity index (χ1) is 7.24. The third kappa shape index (κ3) is 7.69. The summed E-state index contributed by atoms with van der Waals surface area (Å²) in [6.07, 6.45) is 3.38. The van der Waals surface area contributed by atoms with E-state index in [-0.39, 0.29) is 17.9 Å². The second-order valence-corrected chi connectivity index (χ2v) is 6.08. The molecule has 0 aromatic heterocycles. The van der Waals surface area contributed by atoms with Gasteiger partial charge in [0.2, 0.25) is 5.91 Å². The highest BCUT2D eigenvalue weighted by Gasteiger charge is 2.16. The first-order valence-electron chi connectivity index (χ1n) is 6.27. The second-order valence-electron chi connectivity index (χ2n) is 6.08. The lowest BCUT2D eigenvalue weighted by molar-refractivity contribution is -0.123. The van der Waals surface area contributed by atoms with Crippen molar-refractivity contribution < 1.29 is 4.79 Å². The van der Waals surface area contributed by atoms with Gasteiger partial charge in [-0.05, 0) is 24.2 Å². The number of nitrogens with one attached hydrogen (secondary N) is 1. The van der Waals surface area contributed by atoms with Crippen LogP contribution in [0, 0.1) is 11.3 Å². The molecule has 0 heterocycles. The zero-order valence-electron chi connectivity index (χ0n) is 11.5. The van der Waals surface area contributed by atoms with Crippen LogP contribution in [0.25, 0.3) is 0 Å². The minimum atomic E-state index is -0.373. The summed E-state index contributed by atoms with van der Waals surface area (Å²) >= 11 is 0. The molecule has 0 aromatic carbocycles. The highest BCUT2D eigenvalue weighted by atomic mass is 16.2. The minimum absolute atomic E-state index is 0.0224. The number of carbonyl (C=O) groups is 1. The summed E-state index contributed by atoms with van der Waals surface area (Å²) in [5.74, 6) is 0.181. The van der Waals surface area contributed by atoms with Crippen LogP contribution in [0.2, 0.25) is 0 Å². The van der Waals surface area contributed by atoms with E-state index in [2.05, 4.69) is 26.1 Å². The Kier molecular flexibility index (Phi) is 6.65. The lowest BCUT2D eigenvalue weighted by atomic mass is 9.90. The average Bonchev–Trinajstić information content (AvgIpc) is 2.13. The van der Waals surface area contributed by atoms with Crippen molar-refractivity contribution in [3.8, 4) is 0 Å². The molecule has 0 spiro atoms. The quantitative estimate of drug-likeness (QED) is 0.685. The van der Waals surface area contributed by atoms with Gasteiger partial charge in [-0.1, -0.05) is 41.0 Å². The number of carbonyl (C=O) groups excluding carboxylic acids is 1. The third-order valence-corrected chi connectivity index (χ3v) is 2.67. The Morgan fingerprint density at radius 3 is 2.25 bits per heavy atom. The zero-order valence-corrected chi connectivity index (χ0v) is 11.5. The summed E-state index contributed by atoms with van der Waals surface area (Å²) in [4.78, 5) is 11.5. The van der Waals surface area contributed by atoms with Crippen molar-refractivity contribution in [3.63, 3.8) is 0 Å². The van der Waals surface area contributed by atoms with Crippen LogP contribution in [0.3, 0.4) is 0 Å². The molecule has 1 atom stereocenters. The molecule has 0 saturated heterocycles. The van der Waals surface area contributed by atoms with Gasteiger partial charge < -0.3 is 11.1 Å². The zero-order chi connectivity index (χ0) is 12.8. The molecule has 3 nitrogen and oxygen atoms in total. The molecule has 0 aromatic rings. The monoisotopic (exact) mass is 228 g/mol. The van der Waals surface area contributed by atoms with E-state index in [0.29, 0.717) is 5.41 Å². The topological polar surface area (TPSA) is 55.1 Å². The lowest BCUT2D eigenvalue weighted by Crippen LogP contribution is -2.44. The van der Waals surface area contributed by atoms with Gasteiger partial charge in [-0.3, -0.25) is 4.79 Å². The molecule has 0 radical (unpaired) electrons. The summed E-state index contributed by atoms with van der Waals surface area (Å²) in [7, 11) is 0. The van der Waals surface area contributed by atoms with E-state index in [1.165, 1.54) is 6.42 Å². The van der Waals surface area contributed by atoms with E-state index in [1.54, 1.807) is 0 Å². The van der Waals surface area contributed by atoms with Crippen molar-refractivity contribution in [2.75, 3.05) is 6.54 Å². The van der Waals surface area contributed by atoms with Crippen LogP contribution in [-0.4, -0.2) is 18.5 Å². The van der Waals surface area contributed by atoms with Crippen molar-refractivity contribution in [3.05, 3.63) is 0 Å². The maximum atomic E-state index is 11.5. The summed E-state index contributed by atoms with van der Waals surface area (Å²) in [5, 5.41) is 2.89. The van der Waals surface area contributed by atoms with Crippen LogP contribution in [0.5, 0.6) is 0 Å². The van der Waals surface area contributed by atoms with Crippen LogP contribution >= 0.6 is 0 Å². The molecule has 96 valence electrons. The fourth-order valence-corrected chi connectivity index (χ4v) is 1.41. The summed E-state index contributed by atoms with van der Waals surface area (Å²) in [6.45, 7) is 11.4. The average molecular weight is 228 g/mol. The first-order valence-corrected chi connectivity index (χ1v) is 6.27. The molecule has 0 unspecified atom stereocenters. The van der Waals surface area contributed by atoms with Crippen LogP contribution in [-0.2, 0) is 4.79 Å².